The van der Waals surface area contributed by atoms with Gasteiger partial charge >= 0.3 is 6.09 Å². The van der Waals surface area contributed by atoms with Crippen molar-refractivity contribution in [3.8, 4) is 5.88 Å². The molecule has 0 saturated carbocycles. The summed E-state index contributed by atoms with van der Waals surface area (Å²) in [4.78, 5) is 27.3. The van der Waals surface area contributed by atoms with Crippen LogP contribution in [0.3, 0.4) is 0 Å². The number of hydrogen-bond acceptors (Lipinski definition) is 6. The van der Waals surface area contributed by atoms with Gasteiger partial charge in [-0.05, 0) is 17.7 Å². The average Bonchev–Trinajstić information content (AvgIpc) is 2.54. The summed E-state index contributed by atoms with van der Waals surface area (Å²) < 4.78 is 5.05. The maximum absolute atomic E-state index is 11.5. The number of nitrogens with two attached hydrogens (primary N) is 1. The predicted molar refractivity (Wildman–Crippen MR) is 83.5 cm³/mol. The molecule has 114 valence electrons. The largest absolute Gasteiger partial charge is 0.420 e. The van der Waals surface area contributed by atoms with Gasteiger partial charge in [-0.1, -0.05) is 30.3 Å². The Hall–Kier alpha value is -2.38. The quantitative estimate of drug-likeness (QED) is 0.819. The lowest BCUT2D eigenvalue weighted by molar-refractivity contribution is -0.118. The van der Waals surface area contributed by atoms with E-state index in [0.29, 0.717) is 10.6 Å². The van der Waals surface area contributed by atoms with E-state index in [4.69, 9.17) is 10.5 Å². The fraction of sp³-hybridized carbons (Fsp3) is 0.133. The van der Waals surface area contributed by atoms with Crippen LogP contribution in [0.15, 0.2) is 53.6 Å². The van der Waals surface area contributed by atoms with E-state index >= 15 is 0 Å². The highest BCUT2D eigenvalue weighted by molar-refractivity contribution is 7.98. The molecule has 0 fully saturated rings. The number of thioether (sulfide) groups is 1. The Bertz CT molecular complexity index is 649. The molecule has 1 heterocycles. The molecule has 0 aliphatic rings. The lowest BCUT2D eigenvalue weighted by Gasteiger charge is -2.08. The van der Waals surface area contributed by atoms with E-state index in [-0.39, 0.29) is 12.4 Å². The number of amides is 2. The Morgan fingerprint density at radius 3 is 2.68 bits per heavy atom. The van der Waals surface area contributed by atoms with Gasteiger partial charge in [-0.3, -0.25) is 10.1 Å². The van der Waals surface area contributed by atoms with Gasteiger partial charge in [0.1, 0.15) is 0 Å². The Morgan fingerprint density at radius 2 is 1.95 bits per heavy atom. The van der Waals surface area contributed by atoms with Crippen molar-refractivity contribution in [1.29, 1.82) is 0 Å². The first-order valence-electron chi connectivity index (χ1n) is 6.52. The van der Waals surface area contributed by atoms with Crippen molar-refractivity contribution in [2.45, 2.75) is 10.6 Å². The SMILES string of the molecule is NCC(=O)NC(=O)Oc1ncccc1SCc1ccccc1. The van der Waals surface area contributed by atoms with Crippen LogP contribution in [-0.4, -0.2) is 23.5 Å². The van der Waals surface area contributed by atoms with E-state index < -0.39 is 12.0 Å². The first-order chi connectivity index (χ1) is 10.7. The number of imide groups is 1. The second kappa shape index (κ2) is 8.16. The first kappa shape index (κ1) is 16.0. The molecule has 0 saturated heterocycles. The third-order valence-corrected chi connectivity index (χ3v) is 3.69. The van der Waals surface area contributed by atoms with E-state index in [1.807, 2.05) is 35.6 Å². The van der Waals surface area contributed by atoms with Crippen molar-refractivity contribution in [3.05, 3.63) is 54.2 Å². The zero-order valence-electron chi connectivity index (χ0n) is 11.7. The molecule has 0 radical (unpaired) electrons. The van der Waals surface area contributed by atoms with Crippen LogP contribution < -0.4 is 15.8 Å². The summed E-state index contributed by atoms with van der Waals surface area (Å²) in [5.74, 6) is 0.261. The zero-order chi connectivity index (χ0) is 15.8. The van der Waals surface area contributed by atoms with Crippen LogP contribution in [0.2, 0.25) is 0 Å². The minimum Gasteiger partial charge on any atom is -0.390 e. The molecule has 1 aromatic carbocycles. The number of carbonyl (C=O) groups excluding carboxylic acids is 2. The molecule has 3 N–H and O–H groups in total. The second-order valence-corrected chi connectivity index (χ2v) is 5.24. The number of nitrogens with one attached hydrogen (secondary N) is 1. The topological polar surface area (TPSA) is 94.3 Å². The van der Waals surface area contributed by atoms with Crippen LogP contribution in [0.1, 0.15) is 5.56 Å². The molecule has 0 aliphatic heterocycles. The summed E-state index contributed by atoms with van der Waals surface area (Å²) in [5.41, 5.74) is 6.26. The summed E-state index contributed by atoms with van der Waals surface area (Å²) in [6.07, 6.45) is 0.621. The van der Waals surface area contributed by atoms with Crippen LogP contribution in [0, 0.1) is 0 Å². The second-order valence-electron chi connectivity index (χ2n) is 4.22. The lowest BCUT2D eigenvalue weighted by atomic mass is 10.2. The molecule has 2 aromatic rings. The van der Waals surface area contributed by atoms with Crippen LogP contribution in [0.25, 0.3) is 0 Å². The normalized spacial score (nSPS) is 10.0. The minimum absolute atomic E-state index is 0.158. The van der Waals surface area contributed by atoms with Crippen molar-refractivity contribution in [1.82, 2.24) is 10.3 Å². The number of pyridine rings is 1. The molecule has 7 heteroatoms. The minimum atomic E-state index is -0.893. The molecular formula is C15H15N3O3S. The molecule has 0 spiro atoms. The highest BCUT2D eigenvalue weighted by Gasteiger charge is 2.13. The Labute approximate surface area is 132 Å². The molecule has 2 amide bonds. The molecule has 22 heavy (non-hydrogen) atoms. The fourth-order valence-corrected chi connectivity index (χ4v) is 2.48. The van der Waals surface area contributed by atoms with Gasteiger partial charge in [-0.25, -0.2) is 9.78 Å². The Morgan fingerprint density at radius 1 is 1.18 bits per heavy atom. The van der Waals surface area contributed by atoms with Gasteiger partial charge in [0, 0.05) is 11.9 Å². The zero-order valence-corrected chi connectivity index (χ0v) is 12.5. The van der Waals surface area contributed by atoms with Gasteiger partial charge in [-0.2, -0.15) is 0 Å². The summed E-state index contributed by atoms with van der Waals surface area (Å²) in [6.45, 7) is -0.285. The van der Waals surface area contributed by atoms with Crippen LogP contribution in [0.4, 0.5) is 4.79 Å². The van der Waals surface area contributed by atoms with Gasteiger partial charge in [0.25, 0.3) is 0 Å². The van der Waals surface area contributed by atoms with E-state index in [9.17, 15) is 9.59 Å². The summed E-state index contributed by atoms with van der Waals surface area (Å²) in [5, 5.41) is 2.00. The monoisotopic (exact) mass is 317 g/mol. The lowest BCUT2D eigenvalue weighted by Crippen LogP contribution is -2.37. The summed E-state index contributed by atoms with van der Waals surface area (Å²) in [6, 6.07) is 13.4. The van der Waals surface area contributed by atoms with Gasteiger partial charge in [0.15, 0.2) is 0 Å². The molecule has 0 unspecified atom stereocenters. The number of aromatic nitrogens is 1. The predicted octanol–water partition coefficient (Wildman–Crippen LogP) is 1.95. The molecule has 0 aliphatic carbocycles. The molecule has 2 rings (SSSR count). The molecular weight excluding hydrogens is 302 g/mol. The Balaban J connectivity index is 2.00. The first-order valence-corrected chi connectivity index (χ1v) is 7.51. The van der Waals surface area contributed by atoms with Crippen molar-refractivity contribution in [3.63, 3.8) is 0 Å². The summed E-state index contributed by atoms with van der Waals surface area (Å²) in [7, 11) is 0. The van der Waals surface area contributed by atoms with E-state index in [2.05, 4.69) is 4.98 Å². The number of rotatable bonds is 5. The van der Waals surface area contributed by atoms with Crippen molar-refractivity contribution in [2.75, 3.05) is 6.54 Å². The molecule has 1 aromatic heterocycles. The number of hydrogen-bond donors (Lipinski definition) is 2. The van der Waals surface area contributed by atoms with Gasteiger partial charge in [0.2, 0.25) is 11.8 Å². The summed E-state index contributed by atoms with van der Waals surface area (Å²) >= 11 is 1.49. The number of carbonyl (C=O) groups is 2. The van der Waals surface area contributed by atoms with Crippen molar-refractivity contribution < 1.29 is 14.3 Å². The third-order valence-electron chi connectivity index (χ3n) is 2.59. The van der Waals surface area contributed by atoms with E-state index in [1.165, 1.54) is 18.0 Å². The number of nitrogens with zero attached hydrogens (tertiary/aromatic N) is 1. The smallest absolute Gasteiger partial charge is 0.390 e. The van der Waals surface area contributed by atoms with Crippen molar-refractivity contribution >= 4 is 23.8 Å². The number of benzene rings is 1. The van der Waals surface area contributed by atoms with Crippen LogP contribution >= 0.6 is 11.8 Å². The van der Waals surface area contributed by atoms with Gasteiger partial charge in [-0.15, -0.1) is 11.8 Å². The maximum Gasteiger partial charge on any atom is 0.420 e. The third kappa shape index (κ3) is 4.87. The average molecular weight is 317 g/mol. The molecule has 6 nitrogen and oxygen atoms in total. The highest BCUT2D eigenvalue weighted by Crippen LogP contribution is 2.29. The number of ether oxygens (including phenoxy) is 1. The fourth-order valence-electron chi connectivity index (χ4n) is 1.58. The van der Waals surface area contributed by atoms with Crippen LogP contribution in [0.5, 0.6) is 5.88 Å². The molecule has 0 bridgehead atoms. The standard InChI is InChI=1S/C15H15N3O3S/c16-9-13(19)18-15(20)21-14-12(7-4-8-17-14)22-10-11-5-2-1-3-6-11/h1-8H,9-10,16H2,(H,18,19,20). The highest BCUT2D eigenvalue weighted by atomic mass is 32.2. The van der Waals surface area contributed by atoms with Gasteiger partial charge in [0.05, 0.1) is 11.4 Å². The van der Waals surface area contributed by atoms with Crippen LogP contribution in [-0.2, 0) is 10.5 Å². The van der Waals surface area contributed by atoms with E-state index in [0.717, 1.165) is 5.56 Å². The van der Waals surface area contributed by atoms with E-state index in [1.54, 1.807) is 12.1 Å². The van der Waals surface area contributed by atoms with Gasteiger partial charge < -0.3 is 10.5 Å². The molecule has 0 atom stereocenters. The maximum atomic E-state index is 11.5. The van der Waals surface area contributed by atoms with Crippen molar-refractivity contribution in [2.24, 2.45) is 5.73 Å². The Kier molecular flexibility index (Phi) is 5.93.